The summed E-state index contributed by atoms with van der Waals surface area (Å²) in [7, 11) is -0.247. The molecule has 0 unspecified atom stereocenters. The zero-order valence-electron chi connectivity index (χ0n) is 10.0. The highest BCUT2D eigenvalue weighted by molar-refractivity contribution is 7.86. The van der Waals surface area contributed by atoms with Crippen molar-refractivity contribution in [1.29, 1.82) is 0 Å². The molecule has 0 aromatic heterocycles. The molecule has 0 aliphatic carbocycles. The van der Waals surface area contributed by atoms with Gasteiger partial charge in [0.05, 0.1) is 6.54 Å². The molecule has 0 amide bonds. The summed E-state index contributed by atoms with van der Waals surface area (Å²) >= 11 is 0. The van der Waals surface area contributed by atoms with Crippen molar-refractivity contribution in [3.63, 3.8) is 0 Å². The quantitative estimate of drug-likeness (QED) is 0.641. The number of nitrogens with zero attached hydrogens (tertiary/aromatic N) is 3. The molecule has 0 atom stereocenters. The number of Topliss-reactive ketones (excluding diaryl/α,β-unsaturated/α-hetero) is 1. The van der Waals surface area contributed by atoms with Gasteiger partial charge in [0, 0.05) is 40.3 Å². The second kappa shape index (κ2) is 5.22. The van der Waals surface area contributed by atoms with Crippen molar-refractivity contribution in [2.24, 2.45) is 0 Å². The van der Waals surface area contributed by atoms with Gasteiger partial charge in [0.25, 0.3) is 10.2 Å². The fourth-order valence-electron chi connectivity index (χ4n) is 1.66. The molecule has 1 aliphatic rings. The Bertz CT molecular complexity index is 345. The van der Waals surface area contributed by atoms with Crippen LogP contribution in [-0.2, 0) is 15.0 Å². The monoisotopic (exact) mass is 249 g/mol. The van der Waals surface area contributed by atoms with Crippen LogP contribution in [0.5, 0.6) is 0 Å². The molecule has 0 aromatic carbocycles. The van der Waals surface area contributed by atoms with Gasteiger partial charge in [0.15, 0.2) is 0 Å². The molecule has 7 heteroatoms. The largest absolute Gasteiger partial charge is 0.299 e. The van der Waals surface area contributed by atoms with Crippen molar-refractivity contribution >= 4 is 16.0 Å². The van der Waals surface area contributed by atoms with Crippen LogP contribution in [-0.4, -0.2) is 74.5 Å². The highest BCUT2D eigenvalue weighted by Crippen LogP contribution is 2.09. The van der Waals surface area contributed by atoms with Crippen LogP contribution in [0.3, 0.4) is 0 Å². The van der Waals surface area contributed by atoms with Gasteiger partial charge in [-0.05, 0) is 6.92 Å². The van der Waals surface area contributed by atoms with E-state index in [0.717, 1.165) is 0 Å². The van der Waals surface area contributed by atoms with E-state index in [1.165, 1.54) is 22.7 Å². The molecule has 0 bridgehead atoms. The van der Waals surface area contributed by atoms with Gasteiger partial charge in [0.1, 0.15) is 5.78 Å². The van der Waals surface area contributed by atoms with E-state index in [-0.39, 0.29) is 5.78 Å². The Labute approximate surface area is 97.0 Å². The first-order valence-corrected chi connectivity index (χ1v) is 6.63. The lowest BCUT2D eigenvalue weighted by molar-refractivity contribution is -0.118. The first-order valence-electron chi connectivity index (χ1n) is 5.23. The van der Waals surface area contributed by atoms with Crippen LogP contribution in [0.15, 0.2) is 0 Å². The molecule has 6 nitrogen and oxygen atoms in total. The molecule has 1 rings (SSSR count). The number of ketones is 1. The van der Waals surface area contributed by atoms with Crippen LogP contribution in [0.2, 0.25) is 0 Å². The number of carbonyl (C=O) groups is 1. The predicted octanol–water partition coefficient (Wildman–Crippen LogP) is -1.00. The van der Waals surface area contributed by atoms with Crippen molar-refractivity contribution in [3.8, 4) is 0 Å². The van der Waals surface area contributed by atoms with Crippen LogP contribution >= 0.6 is 0 Å². The molecular formula is C9H19N3O3S. The number of hydrogen-bond acceptors (Lipinski definition) is 4. The van der Waals surface area contributed by atoms with E-state index >= 15 is 0 Å². The summed E-state index contributed by atoms with van der Waals surface area (Å²) in [6.07, 6.45) is 0. The average molecular weight is 249 g/mol. The Morgan fingerprint density at radius 2 is 1.69 bits per heavy atom. The van der Waals surface area contributed by atoms with Crippen molar-refractivity contribution in [2.75, 3.05) is 46.8 Å². The van der Waals surface area contributed by atoms with Crippen molar-refractivity contribution in [3.05, 3.63) is 0 Å². The van der Waals surface area contributed by atoms with Gasteiger partial charge in [-0.15, -0.1) is 0 Å². The normalized spacial score (nSPS) is 20.2. The molecule has 0 N–H and O–H groups in total. The molecule has 0 saturated carbocycles. The first kappa shape index (κ1) is 13.6. The molecule has 0 aromatic rings. The third kappa shape index (κ3) is 3.24. The maximum Gasteiger partial charge on any atom is 0.281 e. The topological polar surface area (TPSA) is 60.9 Å². The van der Waals surface area contributed by atoms with Crippen LogP contribution in [0.25, 0.3) is 0 Å². The van der Waals surface area contributed by atoms with Crippen molar-refractivity contribution in [1.82, 2.24) is 13.5 Å². The Hall–Kier alpha value is -0.500. The molecule has 1 aliphatic heterocycles. The molecule has 94 valence electrons. The van der Waals surface area contributed by atoms with E-state index in [9.17, 15) is 13.2 Å². The van der Waals surface area contributed by atoms with Gasteiger partial charge in [-0.25, -0.2) is 0 Å². The second-order valence-corrected chi connectivity index (χ2v) is 6.31. The number of carbonyl (C=O) groups excluding carboxylic acids is 1. The molecule has 1 saturated heterocycles. The van der Waals surface area contributed by atoms with Crippen molar-refractivity contribution < 1.29 is 13.2 Å². The lowest BCUT2D eigenvalue weighted by atomic mass is 10.3. The van der Waals surface area contributed by atoms with Crippen LogP contribution < -0.4 is 0 Å². The van der Waals surface area contributed by atoms with Gasteiger partial charge in [-0.1, -0.05) is 0 Å². The van der Waals surface area contributed by atoms with Gasteiger partial charge in [-0.3, -0.25) is 9.69 Å². The zero-order chi connectivity index (χ0) is 12.3. The Morgan fingerprint density at radius 1 is 1.19 bits per heavy atom. The standard InChI is InChI=1S/C9H19N3O3S/c1-9(13)8-11-4-6-12(7-5-11)16(14,15)10(2)3/h4-8H2,1-3H3. The van der Waals surface area contributed by atoms with E-state index in [4.69, 9.17) is 0 Å². The fraction of sp³-hybridized carbons (Fsp3) is 0.889. The molecule has 1 fully saturated rings. The van der Waals surface area contributed by atoms with Crippen LogP contribution in [0, 0.1) is 0 Å². The summed E-state index contributed by atoms with van der Waals surface area (Å²) in [6, 6.07) is 0. The van der Waals surface area contributed by atoms with Crippen molar-refractivity contribution in [2.45, 2.75) is 6.92 Å². The Kier molecular flexibility index (Phi) is 4.43. The van der Waals surface area contributed by atoms with Crippen LogP contribution in [0.1, 0.15) is 6.92 Å². The molecule has 0 radical (unpaired) electrons. The smallest absolute Gasteiger partial charge is 0.281 e. The molecule has 1 heterocycles. The summed E-state index contributed by atoms with van der Waals surface area (Å²) in [4.78, 5) is 12.9. The summed E-state index contributed by atoms with van der Waals surface area (Å²) < 4.78 is 26.2. The fourth-order valence-corrected chi connectivity index (χ4v) is 2.75. The first-order chi connectivity index (χ1) is 7.34. The molecule has 0 spiro atoms. The third-order valence-electron chi connectivity index (χ3n) is 2.57. The SMILES string of the molecule is CC(=O)CN1CCN(S(=O)(=O)N(C)C)CC1. The van der Waals surface area contributed by atoms with Gasteiger partial charge < -0.3 is 0 Å². The minimum absolute atomic E-state index is 0.115. The summed E-state index contributed by atoms with van der Waals surface area (Å²) in [5.41, 5.74) is 0. The maximum absolute atomic E-state index is 11.8. The second-order valence-electron chi connectivity index (χ2n) is 4.17. The minimum Gasteiger partial charge on any atom is -0.299 e. The van der Waals surface area contributed by atoms with E-state index < -0.39 is 10.2 Å². The van der Waals surface area contributed by atoms with E-state index in [2.05, 4.69) is 0 Å². The average Bonchev–Trinajstić information content (AvgIpc) is 2.17. The molecular weight excluding hydrogens is 230 g/mol. The molecule has 16 heavy (non-hydrogen) atoms. The maximum atomic E-state index is 11.8. The number of rotatable bonds is 4. The lowest BCUT2D eigenvalue weighted by Gasteiger charge is -2.34. The highest BCUT2D eigenvalue weighted by Gasteiger charge is 2.28. The van der Waals surface area contributed by atoms with Gasteiger partial charge in [0.2, 0.25) is 0 Å². The number of piperazine rings is 1. The summed E-state index contributed by atoms with van der Waals surface area (Å²) in [6.45, 7) is 4.10. The predicted molar refractivity (Wildman–Crippen MR) is 61.3 cm³/mol. The minimum atomic E-state index is -3.30. The Balaban J connectivity index is 2.52. The Morgan fingerprint density at radius 3 is 2.06 bits per heavy atom. The van der Waals surface area contributed by atoms with Crippen LogP contribution in [0.4, 0.5) is 0 Å². The summed E-state index contributed by atoms with van der Waals surface area (Å²) in [5.74, 6) is 0.115. The third-order valence-corrected chi connectivity index (χ3v) is 4.51. The lowest BCUT2D eigenvalue weighted by Crippen LogP contribution is -2.52. The van der Waals surface area contributed by atoms with Gasteiger partial charge in [-0.2, -0.15) is 17.0 Å². The van der Waals surface area contributed by atoms with Gasteiger partial charge >= 0.3 is 0 Å². The zero-order valence-corrected chi connectivity index (χ0v) is 10.8. The van der Waals surface area contributed by atoms with E-state index in [1.54, 1.807) is 6.92 Å². The highest BCUT2D eigenvalue weighted by atomic mass is 32.2. The van der Waals surface area contributed by atoms with E-state index in [0.29, 0.717) is 32.7 Å². The summed E-state index contributed by atoms with van der Waals surface area (Å²) in [5, 5.41) is 0. The van der Waals surface area contributed by atoms with E-state index in [1.807, 2.05) is 4.90 Å². The number of hydrogen-bond donors (Lipinski definition) is 0.